The van der Waals surface area contributed by atoms with E-state index in [-0.39, 0.29) is 10.8 Å². The van der Waals surface area contributed by atoms with Crippen molar-refractivity contribution >= 4 is 17.3 Å². The van der Waals surface area contributed by atoms with E-state index in [0.29, 0.717) is 6.42 Å². The molecule has 0 heterocycles. The van der Waals surface area contributed by atoms with Gasteiger partial charge in [-0.15, -0.1) is 0 Å². The maximum atomic E-state index is 11.3. The van der Waals surface area contributed by atoms with E-state index in [1.54, 1.807) is 6.07 Å². The monoisotopic (exact) mass is 460 g/mol. The number of hydrogen-bond donors (Lipinski definition) is 2. The summed E-state index contributed by atoms with van der Waals surface area (Å²) in [5, 5.41) is 21.9. The Kier molecular flexibility index (Phi) is 8.68. The van der Waals surface area contributed by atoms with Gasteiger partial charge in [-0.3, -0.25) is 0 Å². The van der Waals surface area contributed by atoms with Crippen LogP contribution in [0.15, 0.2) is 84.9 Å². The van der Waals surface area contributed by atoms with E-state index in [1.807, 2.05) is 48.5 Å². The fourth-order valence-corrected chi connectivity index (χ4v) is 5.92. The molecule has 1 unspecified atom stereocenters. The molecule has 0 radical (unpaired) electrons. The van der Waals surface area contributed by atoms with Gasteiger partial charge in [-0.25, -0.2) is 0 Å². The van der Waals surface area contributed by atoms with Crippen molar-refractivity contribution in [1.82, 2.24) is 0 Å². The lowest BCUT2D eigenvalue weighted by Crippen LogP contribution is -2.52. The number of phenolic OH excluding ortho intramolecular Hbond substituents is 1. The minimum Gasteiger partial charge on any atom is -0.508 e. The average Bonchev–Trinajstić information content (AvgIpc) is 2.84. The maximum Gasteiger partial charge on any atom is 0.164 e. The number of phenols is 1. The SMILES string of the molecule is CCCCCCCC(CC)(C(O)=S)C(c1ccccc1)(c1ccccc1)c1cccc(O)c1. The van der Waals surface area contributed by atoms with Gasteiger partial charge in [0.15, 0.2) is 5.05 Å². The Hall–Kier alpha value is -2.65. The van der Waals surface area contributed by atoms with Crippen LogP contribution in [-0.2, 0) is 5.41 Å². The second-order valence-electron chi connectivity index (χ2n) is 8.94. The van der Waals surface area contributed by atoms with Crippen LogP contribution < -0.4 is 0 Å². The molecule has 3 aromatic carbocycles. The molecule has 0 aliphatic heterocycles. The van der Waals surface area contributed by atoms with Crippen LogP contribution in [0.5, 0.6) is 5.75 Å². The second kappa shape index (κ2) is 11.5. The van der Waals surface area contributed by atoms with Crippen molar-refractivity contribution in [3.05, 3.63) is 102 Å². The van der Waals surface area contributed by atoms with Gasteiger partial charge in [-0.1, -0.05) is 119 Å². The van der Waals surface area contributed by atoms with Crippen molar-refractivity contribution in [2.75, 3.05) is 0 Å². The van der Waals surface area contributed by atoms with Crippen molar-refractivity contribution in [1.29, 1.82) is 0 Å². The number of hydrogen-bond acceptors (Lipinski definition) is 2. The van der Waals surface area contributed by atoms with Gasteiger partial charge in [0.2, 0.25) is 0 Å². The lowest BCUT2D eigenvalue weighted by Gasteiger charge is -2.51. The van der Waals surface area contributed by atoms with E-state index in [4.69, 9.17) is 12.2 Å². The summed E-state index contributed by atoms with van der Waals surface area (Å²) in [7, 11) is 0. The van der Waals surface area contributed by atoms with Crippen molar-refractivity contribution in [2.45, 2.75) is 64.2 Å². The molecule has 0 aromatic heterocycles. The van der Waals surface area contributed by atoms with E-state index in [9.17, 15) is 10.2 Å². The maximum absolute atomic E-state index is 11.3. The topological polar surface area (TPSA) is 40.5 Å². The number of unbranched alkanes of at least 4 members (excludes halogenated alkanes) is 4. The summed E-state index contributed by atoms with van der Waals surface area (Å²) in [6, 6.07) is 28.1. The van der Waals surface area contributed by atoms with Gasteiger partial charge < -0.3 is 10.2 Å². The lowest BCUT2D eigenvalue weighted by atomic mass is 9.51. The van der Waals surface area contributed by atoms with Crippen LogP contribution >= 0.6 is 12.2 Å². The summed E-state index contributed by atoms with van der Waals surface area (Å²) in [6.07, 6.45) is 7.13. The molecule has 0 amide bonds. The van der Waals surface area contributed by atoms with Gasteiger partial charge in [-0.05, 0) is 53.9 Å². The van der Waals surface area contributed by atoms with Gasteiger partial charge in [-0.2, -0.15) is 0 Å². The molecule has 0 aliphatic carbocycles. The Labute approximate surface area is 204 Å². The highest BCUT2D eigenvalue weighted by molar-refractivity contribution is 7.80. The molecule has 0 fully saturated rings. The number of rotatable bonds is 12. The quantitative estimate of drug-likeness (QED) is 0.162. The number of benzene rings is 3. The van der Waals surface area contributed by atoms with Gasteiger partial charge >= 0.3 is 0 Å². The summed E-state index contributed by atoms with van der Waals surface area (Å²) in [5.41, 5.74) is 1.60. The molecule has 2 nitrogen and oxygen atoms in total. The fraction of sp³-hybridized carbons (Fsp3) is 0.367. The van der Waals surface area contributed by atoms with Crippen LogP contribution in [0.2, 0.25) is 0 Å². The third-order valence-electron chi connectivity index (χ3n) is 7.13. The van der Waals surface area contributed by atoms with Gasteiger partial charge in [0.1, 0.15) is 5.75 Å². The molecule has 0 saturated carbocycles. The van der Waals surface area contributed by atoms with Crippen LogP contribution in [0, 0.1) is 5.41 Å². The molecule has 33 heavy (non-hydrogen) atoms. The Morgan fingerprint density at radius 2 is 1.27 bits per heavy atom. The van der Waals surface area contributed by atoms with Crippen LogP contribution in [0.3, 0.4) is 0 Å². The molecule has 2 N–H and O–H groups in total. The Balaban J connectivity index is 2.35. The molecule has 0 saturated heterocycles. The molecule has 0 spiro atoms. The van der Waals surface area contributed by atoms with Crippen LogP contribution in [-0.4, -0.2) is 15.3 Å². The van der Waals surface area contributed by atoms with Gasteiger partial charge in [0.25, 0.3) is 0 Å². The normalized spacial score (nSPS) is 13.4. The smallest absolute Gasteiger partial charge is 0.164 e. The van der Waals surface area contributed by atoms with E-state index >= 15 is 0 Å². The second-order valence-corrected chi connectivity index (χ2v) is 9.32. The fourth-order valence-electron chi connectivity index (χ4n) is 5.52. The molecule has 3 aromatic rings. The number of aromatic hydroxyl groups is 1. The van der Waals surface area contributed by atoms with Gasteiger partial charge in [0.05, 0.1) is 10.8 Å². The van der Waals surface area contributed by atoms with Crippen LogP contribution in [0.25, 0.3) is 0 Å². The highest BCUT2D eigenvalue weighted by Crippen LogP contribution is 2.57. The zero-order valence-corrected chi connectivity index (χ0v) is 20.7. The molecule has 3 heteroatoms. The predicted octanol–water partition coefficient (Wildman–Crippen LogP) is 8.37. The highest BCUT2D eigenvalue weighted by Gasteiger charge is 2.56. The minimum atomic E-state index is -0.750. The minimum absolute atomic E-state index is 0.0385. The first-order chi connectivity index (χ1) is 16.0. The van der Waals surface area contributed by atoms with Crippen molar-refractivity contribution in [3.8, 4) is 5.75 Å². The first kappa shape index (κ1) is 25.0. The summed E-state index contributed by atoms with van der Waals surface area (Å²) in [5.74, 6) is 0.209. The summed E-state index contributed by atoms with van der Waals surface area (Å²) >= 11 is 5.70. The molecular weight excluding hydrogens is 424 g/mol. The average molecular weight is 461 g/mol. The summed E-state index contributed by atoms with van der Waals surface area (Å²) < 4.78 is 0. The van der Waals surface area contributed by atoms with E-state index < -0.39 is 10.8 Å². The number of thiocarbonyl (C=S) groups is 1. The summed E-state index contributed by atoms with van der Waals surface area (Å²) in [4.78, 5) is 0. The predicted molar refractivity (Wildman–Crippen MR) is 142 cm³/mol. The third-order valence-corrected chi connectivity index (χ3v) is 7.52. The Morgan fingerprint density at radius 1 is 0.727 bits per heavy atom. The Morgan fingerprint density at radius 3 is 1.76 bits per heavy atom. The van der Waals surface area contributed by atoms with Crippen LogP contribution in [0.4, 0.5) is 0 Å². The van der Waals surface area contributed by atoms with Crippen molar-refractivity contribution in [3.63, 3.8) is 0 Å². The molecule has 0 bridgehead atoms. The van der Waals surface area contributed by atoms with Crippen LogP contribution in [0.1, 0.15) is 75.5 Å². The molecular formula is C30H36O2S. The number of aliphatic hydroxyl groups excluding tert-OH is 1. The standard InChI is InChI=1S/C30H36O2S/c1-3-5-6-7-14-22-29(4-2,28(32)33)30(24-16-10-8-11-17-24,25-18-12-9-13-19-25)26-20-15-21-27(31)23-26/h8-13,15-21,23,31H,3-7,14,22H2,1-2H3,(H,32,33). The zero-order valence-electron chi connectivity index (χ0n) is 19.8. The molecule has 3 rings (SSSR count). The number of aliphatic hydroxyl groups is 1. The largest absolute Gasteiger partial charge is 0.508 e. The third kappa shape index (κ3) is 4.84. The molecule has 0 aliphatic rings. The first-order valence-corrected chi connectivity index (χ1v) is 12.6. The van der Waals surface area contributed by atoms with Crippen molar-refractivity contribution < 1.29 is 10.2 Å². The highest BCUT2D eigenvalue weighted by atomic mass is 32.1. The zero-order chi connectivity index (χ0) is 23.7. The molecule has 174 valence electrons. The first-order valence-electron chi connectivity index (χ1n) is 12.2. The van der Waals surface area contributed by atoms with Crippen molar-refractivity contribution in [2.24, 2.45) is 5.41 Å². The van der Waals surface area contributed by atoms with E-state index in [0.717, 1.165) is 36.0 Å². The summed E-state index contributed by atoms with van der Waals surface area (Å²) in [6.45, 7) is 4.34. The molecule has 1 atom stereocenters. The van der Waals surface area contributed by atoms with Gasteiger partial charge in [0, 0.05) is 0 Å². The Bertz CT molecular complexity index is 976. The lowest BCUT2D eigenvalue weighted by molar-refractivity contribution is 0.215. The van der Waals surface area contributed by atoms with E-state index in [1.165, 1.54) is 19.3 Å². The van der Waals surface area contributed by atoms with E-state index in [2.05, 4.69) is 44.2 Å².